The molecule has 0 spiro atoms. The molecule has 4 nitrogen and oxygen atoms in total. The number of aryl methyl sites for hydroxylation is 3. The Morgan fingerprint density at radius 3 is 2.71 bits per heavy atom. The van der Waals surface area contributed by atoms with Crippen LogP contribution in [-0.4, -0.2) is 22.6 Å². The summed E-state index contributed by atoms with van der Waals surface area (Å²) in [5.74, 6) is 2.76. The Morgan fingerprint density at radius 1 is 1.12 bits per heavy atom. The largest absolute Gasteiger partial charge is 0.353 e. The van der Waals surface area contributed by atoms with E-state index in [2.05, 4.69) is 60.2 Å². The fraction of sp³-hybridized carbons (Fsp3) is 0.500. The van der Waals surface area contributed by atoms with E-state index in [-0.39, 0.29) is 0 Å². The molecule has 3 rings (SSSR count). The van der Waals surface area contributed by atoms with E-state index >= 15 is 0 Å². The highest BCUT2D eigenvalue weighted by atomic mass is 15.2. The highest BCUT2D eigenvalue weighted by molar-refractivity contribution is 5.63. The molecule has 2 heterocycles. The predicted molar refractivity (Wildman–Crippen MR) is 101 cm³/mol. The van der Waals surface area contributed by atoms with Crippen molar-refractivity contribution in [2.24, 2.45) is 0 Å². The van der Waals surface area contributed by atoms with Gasteiger partial charge in [-0.25, -0.2) is 9.97 Å². The Balaban J connectivity index is 1.88. The van der Waals surface area contributed by atoms with Crippen LogP contribution in [0, 0.1) is 20.8 Å². The molecule has 0 bridgehead atoms. The monoisotopic (exact) mass is 324 g/mol. The summed E-state index contributed by atoms with van der Waals surface area (Å²) in [6.45, 7) is 9.58. The smallest absolute Gasteiger partial charge is 0.136 e. The molecule has 4 heteroatoms. The van der Waals surface area contributed by atoms with Gasteiger partial charge in [0.2, 0.25) is 0 Å². The molecule has 1 atom stereocenters. The molecule has 0 amide bonds. The number of aromatic nitrogens is 2. The molecule has 0 radical (unpaired) electrons. The molecule has 1 aromatic carbocycles. The number of rotatable bonds is 4. The van der Waals surface area contributed by atoms with E-state index in [9.17, 15) is 0 Å². The van der Waals surface area contributed by atoms with Crippen molar-refractivity contribution in [2.75, 3.05) is 16.8 Å². The molecule has 1 aromatic heterocycles. The van der Waals surface area contributed by atoms with Crippen LogP contribution < -0.4 is 10.2 Å². The minimum absolute atomic E-state index is 0.599. The number of benzene rings is 1. The highest BCUT2D eigenvalue weighted by Gasteiger charge is 2.22. The molecule has 128 valence electrons. The second kappa shape index (κ2) is 7.20. The third-order valence-electron chi connectivity index (χ3n) is 4.86. The van der Waals surface area contributed by atoms with E-state index < -0.39 is 0 Å². The second-order valence-electron chi connectivity index (χ2n) is 6.85. The minimum Gasteiger partial charge on any atom is -0.353 e. The summed E-state index contributed by atoms with van der Waals surface area (Å²) in [4.78, 5) is 11.8. The zero-order valence-corrected chi connectivity index (χ0v) is 15.3. The van der Waals surface area contributed by atoms with Crippen LogP contribution >= 0.6 is 0 Å². The SMILES string of the molecule is CCC1CCCCN1c1cc(Nc2ccc(C)cc2C)nc(C)n1. The molecular weight excluding hydrogens is 296 g/mol. The summed E-state index contributed by atoms with van der Waals surface area (Å²) in [6.07, 6.45) is 5.01. The van der Waals surface area contributed by atoms with Gasteiger partial charge < -0.3 is 10.2 Å². The van der Waals surface area contributed by atoms with Gasteiger partial charge in [-0.15, -0.1) is 0 Å². The normalized spacial score (nSPS) is 17.8. The lowest BCUT2D eigenvalue weighted by molar-refractivity contribution is 0.446. The molecule has 1 unspecified atom stereocenters. The molecule has 24 heavy (non-hydrogen) atoms. The third-order valence-corrected chi connectivity index (χ3v) is 4.86. The summed E-state index contributed by atoms with van der Waals surface area (Å²) in [5, 5.41) is 3.47. The van der Waals surface area contributed by atoms with Crippen LogP contribution in [0.1, 0.15) is 49.6 Å². The Hall–Kier alpha value is -2.10. The van der Waals surface area contributed by atoms with Gasteiger partial charge in [-0.3, -0.25) is 0 Å². The maximum atomic E-state index is 4.71. The predicted octanol–water partition coefficient (Wildman–Crippen LogP) is 4.91. The lowest BCUT2D eigenvalue weighted by Crippen LogP contribution is -2.39. The van der Waals surface area contributed by atoms with E-state index in [1.807, 2.05) is 6.92 Å². The van der Waals surface area contributed by atoms with Crippen molar-refractivity contribution in [3.05, 3.63) is 41.2 Å². The van der Waals surface area contributed by atoms with Gasteiger partial charge in [0.25, 0.3) is 0 Å². The fourth-order valence-corrected chi connectivity index (χ4v) is 3.58. The van der Waals surface area contributed by atoms with E-state index in [1.54, 1.807) is 0 Å². The molecular formula is C20H28N4. The summed E-state index contributed by atoms with van der Waals surface area (Å²) in [5.41, 5.74) is 3.62. The van der Waals surface area contributed by atoms with Gasteiger partial charge in [0.05, 0.1) is 0 Å². The van der Waals surface area contributed by atoms with Crippen LogP contribution in [0.5, 0.6) is 0 Å². The van der Waals surface area contributed by atoms with Gasteiger partial charge in [-0.05, 0) is 58.1 Å². The van der Waals surface area contributed by atoms with E-state index in [0.717, 1.165) is 29.7 Å². The van der Waals surface area contributed by atoms with Crippen molar-refractivity contribution in [1.29, 1.82) is 0 Å². The standard InChI is InChI=1S/C20H28N4/c1-5-17-8-6-7-11-24(17)20-13-19(21-16(4)22-20)23-18-10-9-14(2)12-15(18)3/h9-10,12-13,17H,5-8,11H2,1-4H3,(H,21,22,23). The van der Waals surface area contributed by atoms with Crippen LogP contribution in [0.25, 0.3) is 0 Å². The number of hydrogen-bond donors (Lipinski definition) is 1. The Labute approximate surface area is 145 Å². The van der Waals surface area contributed by atoms with E-state index in [0.29, 0.717) is 6.04 Å². The number of anilines is 3. The lowest BCUT2D eigenvalue weighted by atomic mass is 10.00. The Morgan fingerprint density at radius 2 is 1.96 bits per heavy atom. The van der Waals surface area contributed by atoms with Gasteiger partial charge in [0.1, 0.15) is 17.5 Å². The summed E-state index contributed by atoms with van der Waals surface area (Å²) < 4.78 is 0. The maximum absolute atomic E-state index is 4.71. The second-order valence-corrected chi connectivity index (χ2v) is 6.85. The molecule has 1 fully saturated rings. The van der Waals surface area contributed by atoms with Gasteiger partial charge in [0.15, 0.2) is 0 Å². The first-order chi connectivity index (χ1) is 11.6. The number of nitrogens with one attached hydrogen (secondary N) is 1. The van der Waals surface area contributed by atoms with Crippen LogP contribution in [0.3, 0.4) is 0 Å². The summed E-state index contributed by atoms with van der Waals surface area (Å²) in [6, 6.07) is 9.14. The highest BCUT2D eigenvalue weighted by Crippen LogP contribution is 2.28. The first kappa shape index (κ1) is 16.7. The third kappa shape index (κ3) is 3.69. The van der Waals surface area contributed by atoms with E-state index in [4.69, 9.17) is 4.98 Å². The Bertz CT molecular complexity index is 711. The zero-order valence-electron chi connectivity index (χ0n) is 15.3. The maximum Gasteiger partial charge on any atom is 0.136 e. The van der Waals surface area contributed by atoms with E-state index in [1.165, 1.54) is 36.8 Å². The number of hydrogen-bond acceptors (Lipinski definition) is 4. The molecule has 1 aliphatic rings. The van der Waals surface area contributed by atoms with Crippen molar-refractivity contribution in [3.63, 3.8) is 0 Å². The first-order valence-corrected chi connectivity index (χ1v) is 9.03. The van der Waals surface area contributed by atoms with Crippen molar-refractivity contribution in [1.82, 2.24) is 9.97 Å². The fourth-order valence-electron chi connectivity index (χ4n) is 3.58. The quantitative estimate of drug-likeness (QED) is 0.867. The molecule has 0 aliphatic carbocycles. The summed E-state index contributed by atoms with van der Waals surface area (Å²) >= 11 is 0. The lowest BCUT2D eigenvalue weighted by Gasteiger charge is -2.36. The Kier molecular flexibility index (Phi) is 5.03. The number of piperidine rings is 1. The van der Waals surface area contributed by atoms with Crippen LogP contribution in [-0.2, 0) is 0 Å². The number of nitrogens with zero attached hydrogens (tertiary/aromatic N) is 3. The summed E-state index contributed by atoms with van der Waals surface area (Å²) in [7, 11) is 0. The van der Waals surface area contributed by atoms with Crippen molar-refractivity contribution < 1.29 is 0 Å². The average molecular weight is 324 g/mol. The van der Waals surface area contributed by atoms with Gasteiger partial charge in [-0.2, -0.15) is 0 Å². The van der Waals surface area contributed by atoms with Crippen molar-refractivity contribution in [2.45, 2.75) is 59.4 Å². The molecule has 1 saturated heterocycles. The topological polar surface area (TPSA) is 41.0 Å². The van der Waals surface area contributed by atoms with Crippen LogP contribution in [0.2, 0.25) is 0 Å². The van der Waals surface area contributed by atoms with Crippen molar-refractivity contribution in [3.8, 4) is 0 Å². The zero-order chi connectivity index (χ0) is 17.1. The molecule has 2 aromatic rings. The van der Waals surface area contributed by atoms with Crippen molar-refractivity contribution >= 4 is 17.3 Å². The van der Waals surface area contributed by atoms with Crippen LogP contribution in [0.15, 0.2) is 24.3 Å². The van der Waals surface area contributed by atoms with Crippen LogP contribution in [0.4, 0.5) is 17.3 Å². The minimum atomic E-state index is 0.599. The molecule has 1 N–H and O–H groups in total. The first-order valence-electron chi connectivity index (χ1n) is 9.03. The molecule has 0 saturated carbocycles. The molecule has 1 aliphatic heterocycles. The van der Waals surface area contributed by atoms with Gasteiger partial charge >= 0.3 is 0 Å². The average Bonchev–Trinajstić information content (AvgIpc) is 2.57. The van der Waals surface area contributed by atoms with Gasteiger partial charge in [0, 0.05) is 24.3 Å². The van der Waals surface area contributed by atoms with Gasteiger partial charge in [-0.1, -0.05) is 24.6 Å².